The van der Waals surface area contributed by atoms with Gasteiger partial charge in [0.1, 0.15) is 0 Å². The van der Waals surface area contributed by atoms with Crippen molar-refractivity contribution in [2.75, 3.05) is 6.61 Å². The van der Waals surface area contributed by atoms with Gasteiger partial charge in [-0.1, -0.05) is 30.3 Å². The van der Waals surface area contributed by atoms with E-state index in [2.05, 4.69) is 0 Å². The third-order valence-electron chi connectivity index (χ3n) is 1.50. The van der Waals surface area contributed by atoms with Crippen molar-refractivity contribution in [3.63, 3.8) is 0 Å². The topological polar surface area (TPSA) is 26.3 Å². The fourth-order valence-corrected chi connectivity index (χ4v) is 1.97. The van der Waals surface area contributed by atoms with Crippen molar-refractivity contribution in [2.45, 2.75) is 13.1 Å². The van der Waals surface area contributed by atoms with Gasteiger partial charge in [0.25, 0.3) is 0 Å². The molecule has 1 rings (SSSR count). The fraction of sp³-hybridized carbons (Fsp3) is 0.333. The maximum absolute atomic E-state index is 11.2. The van der Waals surface area contributed by atoms with E-state index in [0.29, 0.717) is 12.8 Å². The van der Waals surface area contributed by atoms with Crippen LogP contribution < -0.4 is 0 Å². The van der Waals surface area contributed by atoms with Crippen LogP contribution in [0.2, 0.25) is 0 Å². The second kappa shape index (κ2) is 7.88. The van der Waals surface area contributed by atoms with Crippen molar-refractivity contribution in [3.05, 3.63) is 35.9 Å². The largest absolute Gasteiger partial charge is 0.331 e. The minimum atomic E-state index is -1.84. The Bertz CT molecular complexity index is 251. The summed E-state index contributed by atoms with van der Waals surface area (Å²) in [4.78, 5) is 0. The summed E-state index contributed by atoms with van der Waals surface area (Å²) in [5.41, 5.74) is 1.08. The molecule has 69 valence electrons. The minimum absolute atomic E-state index is 0. The van der Waals surface area contributed by atoms with Crippen molar-refractivity contribution in [3.8, 4) is 0 Å². The molecule has 1 radical (unpaired) electrons. The SMILES string of the molecule is CCO[PH](=O)Cc1ccccc1.[Y]. The molecule has 0 N–H and O–H groups in total. The zero-order valence-corrected chi connectivity index (χ0v) is 11.5. The van der Waals surface area contributed by atoms with Crippen LogP contribution in [0.5, 0.6) is 0 Å². The molecule has 1 unspecified atom stereocenters. The molecule has 0 heterocycles. The van der Waals surface area contributed by atoms with E-state index in [1.165, 1.54) is 0 Å². The summed E-state index contributed by atoms with van der Waals surface area (Å²) in [7, 11) is -1.84. The van der Waals surface area contributed by atoms with Crippen LogP contribution in [0.3, 0.4) is 0 Å². The maximum Gasteiger partial charge on any atom is 0.195 e. The number of rotatable bonds is 4. The van der Waals surface area contributed by atoms with Gasteiger partial charge in [-0.2, -0.15) is 0 Å². The van der Waals surface area contributed by atoms with Gasteiger partial charge in [0.15, 0.2) is 8.03 Å². The molecular formula is C9H13O2PY. The van der Waals surface area contributed by atoms with Gasteiger partial charge in [-0.05, 0) is 12.5 Å². The van der Waals surface area contributed by atoms with E-state index in [-0.39, 0.29) is 32.7 Å². The maximum atomic E-state index is 11.2. The van der Waals surface area contributed by atoms with Crippen LogP contribution in [0, 0.1) is 0 Å². The van der Waals surface area contributed by atoms with Crippen molar-refractivity contribution in [2.24, 2.45) is 0 Å². The molecule has 0 spiro atoms. The van der Waals surface area contributed by atoms with E-state index in [1.54, 1.807) is 0 Å². The zero-order chi connectivity index (χ0) is 8.81. The third kappa shape index (κ3) is 5.75. The Balaban J connectivity index is 0.00000144. The Morgan fingerprint density at radius 3 is 2.46 bits per heavy atom. The second-order valence-electron chi connectivity index (χ2n) is 2.47. The summed E-state index contributed by atoms with van der Waals surface area (Å²) < 4.78 is 16.2. The molecule has 0 amide bonds. The molecule has 0 bridgehead atoms. The van der Waals surface area contributed by atoms with Crippen LogP contribution in [0.4, 0.5) is 0 Å². The first-order valence-electron chi connectivity index (χ1n) is 4.02. The molecule has 0 fully saturated rings. The predicted octanol–water partition coefficient (Wildman–Crippen LogP) is 2.70. The molecule has 0 saturated carbocycles. The van der Waals surface area contributed by atoms with Crippen molar-refractivity contribution in [1.82, 2.24) is 0 Å². The Morgan fingerprint density at radius 2 is 1.92 bits per heavy atom. The molecule has 0 saturated heterocycles. The molecule has 2 nitrogen and oxygen atoms in total. The van der Waals surface area contributed by atoms with Gasteiger partial charge < -0.3 is 4.52 Å². The quantitative estimate of drug-likeness (QED) is 0.788. The van der Waals surface area contributed by atoms with Crippen LogP contribution in [0.15, 0.2) is 30.3 Å². The Kier molecular flexibility index (Phi) is 8.19. The first-order chi connectivity index (χ1) is 5.83. The van der Waals surface area contributed by atoms with Crippen LogP contribution in [0.25, 0.3) is 0 Å². The smallest absolute Gasteiger partial charge is 0.195 e. The average Bonchev–Trinajstić information content (AvgIpc) is 2.06. The molecule has 0 aliphatic rings. The Morgan fingerprint density at radius 1 is 1.31 bits per heavy atom. The average molecular weight is 273 g/mol. The Labute approximate surface area is 105 Å². The van der Waals surface area contributed by atoms with Gasteiger partial charge in [0.05, 0.1) is 6.61 Å². The monoisotopic (exact) mass is 273 g/mol. The normalized spacial score (nSPS) is 11.8. The first-order valence-corrected chi connectivity index (χ1v) is 5.55. The van der Waals surface area contributed by atoms with Crippen LogP contribution >= 0.6 is 8.03 Å². The van der Waals surface area contributed by atoms with E-state index in [0.717, 1.165) is 5.56 Å². The van der Waals surface area contributed by atoms with E-state index in [4.69, 9.17) is 4.52 Å². The van der Waals surface area contributed by atoms with Crippen LogP contribution in [-0.4, -0.2) is 6.61 Å². The molecule has 1 aromatic rings. The standard InChI is InChI=1S/C9H13O2P.Y/c1-2-11-12(10)8-9-6-4-3-5-7-9;/h3-7,12H,2,8H2,1H3;. The molecular weight excluding hydrogens is 260 g/mol. The molecule has 0 aliphatic heterocycles. The summed E-state index contributed by atoms with van der Waals surface area (Å²) in [6.45, 7) is 2.39. The van der Waals surface area contributed by atoms with Gasteiger partial charge in [-0.3, -0.25) is 4.57 Å². The minimum Gasteiger partial charge on any atom is -0.331 e. The zero-order valence-electron chi connectivity index (χ0n) is 7.69. The van der Waals surface area contributed by atoms with Crippen LogP contribution in [0.1, 0.15) is 12.5 Å². The van der Waals surface area contributed by atoms with Gasteiger partial charge in [-0.25, -0.2) is 0 Å². The molecule has 1 aromatic carbocycles. The van der Waals surface area contributed by atoms with Gasteiger partial charge in [-0.15, -0.1) is 0 Å². The molecule has 4 heteroatoms. The van der Waals surface area contributed by atoms with E-state index >= 15 is 0 Å². The van der Waals surface area contributed by atoms with E-state index < -0.39 is 8.03 Å². The summed E-state index contributed by atoms with van der Waals surface area (Å²) >= 11 is 0. The molecule has 13 heavy (non-hydrogen) atoms. The van der Waals surface area contributed by atoms with Gasteiger partial charge >= 0.3 is 0 Å². The second-order valence-corrected chi connectivity index (χ2v) is 3.85. The van der Waals surface area contributed by atoms with Crippen LogP contribution in [-0.2, 0) is 48.0 Å². The first kappa shape index (κ1) is 13.5. The van der Waals surface area contributed by atoms with Crippen molar-refractivity contribution < 1.29 is 41.8 Å². The van der Waals surface area contributed by atoms with Gasteiger partial charge in [0.2, 0.25) is 0 Å². The molecule has 1 atom stereocenters. The summed E-state index contributed by atoms with van der Waals surface area (Å²) in [5, 5.41) is 0. The Hall–Kier alpha value is 0.514. The van der Waals surface area contributed by atoms with E-state index in [1.807, 2.05) is 37.3 Å². The number of benzene rings is 1. The molecule has 0 aromatic heterocycles. The summed E-state index contributed by atoms with van der Waals surface area (Å²) in [6.07, 6.45) is 0.555. The predicted molar refractivity (Wildman–Crippen MR) is 50.8 cm³/mol. The summed E-state index contributed by atoms with van der Waals surface area (Å²) in [5.74, 6) is 0. The summed E-state index contributed by atoms with van der Waals surface area (Å²) in [6, 6.07) is 9.75. The van der Waals surface area contributed by atoms with Gasteiger partial charge in [0, 0.05) is 38.9 Å². The number of hydrogen-bond donors (Lipinski definition) is 0. The van der Waals surface area contributed by atoms with E-state index in [9.17, 15) is 4.57 Å². The van der Waals surface area contributed by atoms with Crippen molar-refractivity contribution >= 4 is 8.03 Å². The third-order valence-corrected chi connectivity index (χ3v) is 2.80. The molecule has 0 aliphatic carbocycles. The van der Waals surface area contributed by atoms with Crippen molar-refractivity contribution in [1.29, 1.82) is 0 Å². The number of hydrogen-bond acceptors (Lipinski definition) is 2. The fourth-order valence-electron chi connectivity index (χ4n) is 0.975.